The number of hydrogen-bond acceptors (Lipinski definition) is 10. The van der Waals surface area contributed by atoms with Crippen LogP contribution in [0.3, 0.4) is 0 Å². The van der Waals surface area contributed by atoms with Crippen LogP contribution in [0.25, 0.3) is 11.1 Å². The predicted molar refractivity (Wildman–Crippen MR) is 219 cm³/mol. The highest BCUT2D eigenvalue weighted by atomic mass is 16.6. The lowest BCUT2D eigenvalue weighted by Gasteiger charge is -2.41. The quantitative estimate of drug-likeness (QED) is 0.198. The Labute approximate surface area is 339 Å². The van der Waals surface area contributed by atoms with E-state index in [1.807, 2.05) is 61.2 Å². The number of aryl methyl sites for hydroxylation is 1. The number of amides is 4. The number of para-hydroxylation sites is 1. The number of ether oxygens (including phenoxy) is 2. The van der Waals surface area contributed by atoms with Crippen LogP contribution in [0.5, 0.6) is 0 Å². The van der Waals surface area contributed by atoms with Crippen molar-refractivity contribution in [3.05, 3.63) is 63.6 Å². The Morgan fingerprint density at radius 3 is 2.31 bits per heavy atom. The van der Waals surface area contributed by atoms with E-state index in [1.54, 1.807) is 11.0 Å². The molecule has 1 atom stereocenters. The largest absolute Gasteiger partial charge is 0.465 e. The first-order valence-corrected chi connectivity index (χ1v) is 21.1. The number of urea groups is 1. The standard InChI is InChI=1S/C43H59N7O8/c1-29-25-30(26-36-39(29)45-42(54)57-36)27-37(58-43(55)49-21-14-34(15-22-49)50-23-13-33-7-4-5-8-35(33)44-41(50)53)40(52)48-19-11-32(12-20-48)31-9-17-47(18-10-31)28-38(51)56-24-6-16-46(2)3/h4-5,7-8,25-26,31-32,34,37H,6,9-24,27-28H2,1-3H3,(H,44,53)(H,45,54)/t37-/m1/s1. The Balaban J connectivity index is 0.935. The van der Waals surface area contributed by atoms with E-state index < -0.39 is 18.0 Å². The Bertz CT molecular complexity index is 1970. The lowest BCUT2D eigenvalue weighted by molar-refractivity contribution is -0.145. The Hall–Kier alpha value is -4.89. The summed E-state index contributed by atoms with van der Waals surface area (Å²) in [7, 11) is 4.01. The summed E-state index contributed by atoms with van der Waals surface area (Å²) < 4.78 is 16.9. The van der Waals surface area contributed by atoms with Gasteiger partial charge in [0.1, 0.15) is 0 Å². The summed E-state index contributed by atoms with van der Waals surface area (Å²) in [6.45, 7) is 7.80. The maximum absolute atomic E-state index is 14.3. The third-order valence-electron chi connectivity index (χ3n) is 12.5. The smallest absolute Gasteiger partial charge is 0.417 e. The summed E-state index contributed by atoms with van der Waals surface area (Å²) >= 11 is 0. The van der Waals surface area contributed by atoms with Crippen molar-refractivity contribution < 1.29 is 33.1 Å². The van der Waals surface area contributed by atoms with Gasteiger partial charge >= 0.3 is 23.8 Å². The number of likely N-dealkylation sites (tertiary alicyclic amines) is 3. The molecule has 15 heteroatoms. The summed E-state index contributed by atoms with van der Waals surface area (Å²) in [6, 6.07) is 11.3. The Morgan fingerprint density at radius 1 is 0.897 bits per heavy atom. The number of nitrogens with zero attached hydrogens (tertiary/aromatic N) is 5. The molecular weight excluding hydrogens is 743 g/mol. The maximum atomic E-state index is 14.3. The van der Waals surface area contributed by atoms with Gasteiger partial charge in [-0.1, -0.05) is 24.3 Å². The normalized spacial score (nSPS) is 19.5. The van der Waals surface area contributed by atoms with Gasteiger partial charge in [0, 0.05) is 57.4 Å². The second-order valence-electron chi connectivity index (χ2n) is 16.8. The van der Waals surface area contributed by atoms with Crippen LogP contribution in [-0.4, -0.2) is 145 Å². The zero-order valence-electron chi connectivity index (χ0n) is 34.2. The van der Waals surface area contributed by atoms with E-state index in [0.29, 0.717) is 81.7 Å². The molecule has 2 aromatic carbocycles. The van der Waals surface area contributed by atoms with Gasteiger partial charge in [-0.05, 0) is 126 Å². The van der Waals surface area contributed by atoms with Crippen molar-refractivity contribution in [1.29, 1.82) is 0 Å². The van der Waals surface area contributed by atoms with Crippen molar-refractivity contribution in [3.8, 4) is 0 Å². The average Bonchev–Trinajstić information content (AvgIpc) is 3.51. The monoisotopic (exact) mass is 801 g/mol. The number of benzene rings is 2. The minimum atomic E-state index is -1.06. The van der Waals surface area contributed by atoms with Gasteiger partial charge in [-0.25, -0.2) is 14.4 Å². The van der Waals surface area contributed by atoms with Crippen LogP contribution in [0.4, 0.5) is 15.3 Å². The first-order valence-electron chi connectivity index (χ1n) is 21.1. The van der Waals surface area contributed by atoms with Gasteiger partial charge < -0.3 is 38.8 Å². The highest BCUT2D eigenvalue weighted by Crippen LogP contribution is 2.33. The summed E-state index contributed by atoms with van der Waals surface area (Å²) in [5.41, 5.74) is 4.46. The van der Waals surface area contributed by atoms with Crippen LogP contribution in [-0.2, 0) is 31.9 Å². The van der Waals surface area contributed by atoms with Crippen LogP contribution < -0.4 is 11.1 Å². The molecule has 0 radical (unpaired) electrons. The van der Waals surface area contributed by atoms with E-state index in [-0.39, 0.29) is 30.4 Å². The highest BCUT2D eigenvalue weighted by molar-refractivity contribution is 5.91. The fourth-order valence-electron chi connectivity index (χ4n) is 9.27. The lowest BCUT2D eigenvalue weighted by Crippen LogP contribution is -2.52. The van der Waals surface area contributed by atoms with E-state index in [2.05, 4.69) is 20.1 Å². The molecule has 0 unspecified atom stereocenters. The maximum Gasteiger partial charge on any atom is 0.417 e. The molecular formula is C43H59N7O8. The van der Waals surface area contributed by atoms with Crippen molar-refractivity contribution in [2.45, 2.75) is 76.9 Å². The van der Waals surface area contributed by atoms with Crippen molar-refractivity contribution in [2.75, 3.05) is 84.9 Å². The lowest BCUT2D eigenvalue weighted by atomic mass is 9.78. The van der Waals surface area contributed by atoms with E-state index in [0.717, 1.165) is 80.5 Å². The molecule has 314 valence electrons. The number of piperidine rings is 3. The van der Waals surface area contributed by atoms with E-state index in [9.17, 15) is 24.0 Å². The third kappa shape index (κ3) is 10.2. The van der Waals surface area contributed by atoms with Crippen molar-refractivity contribution in [3.63, 3.8) is 0 Å². The van der Waals surface area contributed by atoms with Crippen molar-refractivity contribution >= 4 is 40.8 Å². The molecule has 0 spiro atoms. The zero-order valence-corrected chi connectivity index (χ0v) is 34.2. The number of hydrogen-bond donors (Lipinski definition) is 2. The number of carbonyl (C=O) groups excluding carboxylic acids is 4. The van der Waals surface area contributed by atoms with Gasteiger partial charge in [0.15, 0.2) is 11.7 Å². The number of rotatable bonds is 12. The molecule has 3 saturated heterocycles. The van der Waals surface area contributed by atoms with Gasteiger partial charge in [-0.2, -0.15) is 0 Å². The zero-order chi connectivity index (χ0) is 40.8. The van der Waals surface area contributed by atoms with Crippen LogP contribution in [0, 0.1) is 18.8 Å². The topological polar surface area (TPSA) is 161 Å². The number of nitrogens with one attached hydrogen (secondary N) is 2. The fraction of sp³-hybridized carbons (Fsp3) is 0.605. The average molecular weight is 802 g/mol. The number of oxazole rings is 1. The van der Waals surface area contributed by atoms with Crippen LogP contribution >= 0.6 is 0 Å². The molecule has 4 amide bonds. The summed E-state index contributed by atoms with van der Waals surface area (Å²) in [6.07, 6.45) is 5.07. The molecule has 0 saturated carbocycles. The molecule has 4 aliphatic heterocycles. The number of anilines is 1. The van der Waals surface area contributed by atoms with E-state index in [4.69, 9.17) is 13.9 Å². The van der Waals surface area contributed by atoms with Crippen molar-refractivity contribution in [1.82, 2.24) is 29.5 Å². The first-order chi connectivity index (χ1) is 28.0. The highest BCUT2D eigenvalue weighted by Gasteiger charge is 2.37. The van der Waals surface area contributed by atoms with E-state index >= 15 is 0 Å². The summed E-state index contributed by atoms with van der Waals surface area (Å²) in [4.78, 5) is 78.0. The molecule has 1 aromatic heterocycles. The molecule has 5 heterocycles. The molecule has 0 aliphatic carbocycles. The van der Waals surface area contributed by atoms with Gasteiger partial charge in [0.25, 0.3) is 5.91 Å². The third-order valence-corrected chi connectivity index (χ3v) is 12.5. The minimum Gasteiger partial charge on any atom is -0.465 e. The second kappa shape index (κ2) is 18.8. The molecule has 15 nitrogen and oxygen atoms in total. The molecule has 7 rings (SSSR count). The number of H-pyrrole nitrogens is 1. The number of aromatic amines is 1. The molecule has 3 fully saturated rings. The first kappa shape index (κ1) is 41.3. The number of fused-ring (bicyclic) bond motifs is 2. The summed E-state index contributed by atoms with van der Waals surface area (Å²) in [5, 5.41) is 3.05. The Kier molecular flexibility index (Phi) is 13.4. The second-order valence-corrected chi connectivity index (χ2v) is 16.8. The number of carbonyl (C=O) groups is 4. The van der Waals surface area contributed by atoms with Crippen LogP contribution in [0.1, 0.15) is 61.6 Å². The molecule has 3 aromatic rings. The Morgan fingerprint density at radius 2 is 1.59 bits per heavy atom. The summed E-state index contributed by atoms with van der Waals surface area (Å²) in [5.74, 6) is 0.0675. The van der Waals surface area contributed by atoms with Gasteiger partial charge in [0.05, 0.1) is 18.7 Å². The SMILES string of the molecule is Cc1cc(C[C@@H](OC(=O)N2CCC(N3CCc4ccccc4NC3=O)CC2)C(=O)N2CCC(C3CCN(CC(=O)OCCCN(C)C)CC3)CC2)cc2oc(=O)[nH]c12. The van der Waals surface area contributed by atoms with Crippen LogP contribution in [0.15, 0.2) is 45.6 Å². The molecule has 58 heavy (non-hydrogen) atoms. The van der Waals surface area contributed by atoms with Gasteiger partial charge in [-0.15, -0.1) is 0 Å². The number of aromatic nitrogens is 1. The van der Waals surface area contributed by atoms with Gasteiger partial charge in [-0.3, -0.25) is 19.5 Å². The molecule has 2 N–H and O–H groups in total. The number of esters is 1. The fourth-order valence-corrected chi connectivity index (χ4v) is 9.27. The molecule has 0 bridgehead atoms. The van der Waals surface area contributed by atoms with Crippen molar-refractivity contribution in [2.24, 2.45) is 11.8 Å². The minimum absolute atomic E-state index is 0.0189. The molecule has 4 aliphatic rings. The van der Waals surface area contributed by atoms with Crippen LogP contribution in [0.2, 0.25) is 0 Å². The van der Waals surface area contributed by atoms with Gasteiger partial charge in [0.2, 0.25) is 0 Å². The van der Waals surface area contributed by atoms with E-state index in [1.165, 1.54) is 0 Å². The predicted octanol–water partition coefficient (Wildman–Crippen LogP) is 4.48.